The SMILES string of the molecule is Cc1ccc(-c2nnc(SCc3nc(-c4ccc([N+](=O)[O-])cc4)no3)o2)cc1. The Morgan fingerprint density at radius 2 is 1.75 bits per heavy atom. The standard InChI is InChI=1S/C18H13N5O4S/c1-11-2-4-13(5-3-11)17-20-21-18(26-17)28-10-15-19-16(22-27-15)12-6-8-14(9-7-12)23(24)25/h2-9H,10H2,1H3. The van der Waals surface area contributed by atoms with Crippen molar-refractivity contribution in [3.05, 3.63) is 70.1 Å². The molecule has 0 amide bonds. The number of aromatic nitrogens is 4. The van der Waals surface area contributed by atoms with E-state index in [0.29, 0.717) is 34.1 Å². The molecule has 0 bridgehead atoms. The molecule has 0 saturated heterocycles. The number of benzene rings is 2. The summed E-state index contributed by atoms with van der Waals surface area (Å²) in [4.78, 5) is 14.5. The summed E-state index contributed by atoms with van der Waals surface area (Å²) >= 11 is 1.28. The largest absolute Gasteiger partial charge is 0.411 e. The molecule has 28 heavy (non-hydrogen) atoms. The van der Waals surface area contributed by atoms with Crippen molar-refractivity contribution in [3.63, 3.8) is 0 Å². The Labute approximate surface area is 162 Å². The number of nitrogens with zero attached hydrogens (tertiary/aromatic N) is 5. The van der Waals surface area contributed by atoms with Gasteiger partial charge in [0.25, 0.3) is 10.9 Å². The first kappa shape index (κ1) is 17.9. The number of thioether (sulfide) groups is 1. The van der Waals surface area contributed by atoms with E-state index in [2.05, 4.69) is 20.3 Å². The first-order valence-electron chi connectivity index (χ1n) is 8.19. The minimum absolute atomic E-state index is 0.00352. The highest BCUT2D eigenvalue weighted by molar-refractivity contribution is 7.98. The maximum Gasteiger partial charge on any atom is 0.277 e. The van der Waals surface area contributed by atoms with E-state index in [4.69, 9.17) is 8.94 Å². The van der Waals surface area contributed by atoms with E-state index in [-0.39, 0.29) is 5.69 Å². The molecule has 9 nitrogen and oxygen atoms in total. The van der Waals surface area contributed by atoms with Crippen LogP contribution in [0.3, 0.4) is 0 Å². The molecule has 0 atom stereocenters. The molecular formula is C18H13N5O4S. The van der Waals surface area contributed by atoms with Gasteiger partial charge in [-0.25, -0.2) is 0 Å². The van der Waals surface area contributed by atoms with Crippen LogP contribution in [0.25, 0.3) is 22.8 Å². The highest BCUT2D eigenvalue weighted by atomic mass is 32.2. The average molecular weight is 395 g/mol. The smallest absolute Gasteiger partial charge is 0.277 e. The van der Waals surface area contributed by atoms with Crippen LogP contribution in [0.1, 0.15) is 11.5 Å². The van der Waals surface area contributed by atoms with Crippen LogP contribution in [0.2, 0.25) is 0 Å². The molecule has 10 heteroatoms. The van der Waals surface area contributed by atoms with Crippen molar-refractivity contribution in [2.24, 2.45) is 0 Å². The van der Waals surface area contributed by atoms with Crippen molar-refractivity contribution in [3.8, 4) is 22.8 Å². The van der Waals surface area contributed by atoms with Gasteiger partial charge in [-0.05, 0) is 31.2 Å². The molecule has 2 aromatic carbocycles. The predicted molar refractivity (Wildman–Crippen MR) is 100 cm³/mol. The molecule has 0 aliphatic heterocycles. The number of hydrogen-bond donors (Lipinski definition) is 0. The second kappa shape index (κ2) is 7.61. The summed E-state index contributed by atoms with van der Waals surface area (Å²) in [5.74, 6) is 1.54. The van der Waals surface area contributed by atoms with Crippen LogP contribution in [0, 0.1) is 17.0 Å². The van der Waals surface area contributed by atoms with Gasteiger partial charge in [-0.3, -0.25) is 10.1 Å². The van der Waals surface area contributed by atoms with E-state index in [0.717, 1.165) is 11.1 Å². The fraction of sp³-hybridized carbons (Fsp3) is 0.111. The highest BCUT2D eigenvalue weighted by Gasteiger charge is 2.14. The third-order valence-electron chi connectivity index (χ3n) is 3.83. The van der Waals surface area contributed by atoms with E-state index < -0.39 is 4.92 Å². The lowest BCUT2D eigenvalue weighted by atomic mass is 10.1. The molecule has 0 aliphatic rings. The van der Waals surface area contributed by atoms with E-state index >= 15 is 0 Å². The Morgan fingerprint density at radius 1 is 1.04 bits per heavy atom. The van der Waals surface area contributed by atoms with E-state index in [1.807, 2.05) is 31.2 Å². The Morgan fingerprint density at radius 3 is 2.46 bits per heavy atom. The Kier molecular flexibility index (Phi) is 4.85. The van der Waals surface area contributed by atoms with E-state index in [9.17, 15) is 10.1 Å². The topological polar surface area (TPSA) is 121 Å². The molecule has 4 rings (SSSR count). The van der Waals surface area contributed by atoms with Crippen molar-refractivity contribution in [2.45, 2.75) is 17.9 Å². The highest BCUT2D eigenvalue weighted by Crippen LogP contribution is 2.26. The molecule has 2 aromatic heterocycles. The monoisotopic (exact) mass is 395 g/mol. The molecule has 0 radical (unpaired) electrons. The van der Waals surface area contributed by atoms with Crippen molar-refractivity contribution in [2.75, 3.05) is 0 Å². The lowest BCUT2D eigenvalue weighted by Gasteiger charge is -1.95. The first-order chi connectivity index (χ1) is 13.6. The summed E-state index contributed by atoms with van der Waals surface area (Å²) in [5.41, 5.74) is 2.63. The van der Waals surface area contributed by atoms with Gasteiger partial charge >= 0.3 is 0 Å². The van der Waals surface area contributed by atoms with Crippen LogP contribution in [0.15, 0.2) is 62.7 Å². The van der Waals surface area contributed by atoms with Crippen molar-refractivity contribution < 1.29 is 13.9 Å². The lowest BCUT2D eigenvalue weighted by Crippen LogP contribution is -1.88. The van der Waals surface area contributed by atoms with Gasteiger partial charge in [-0.15, -0.1) is 10.2 Å². The quantitative estimate of drug-likeness (QED) is 0.267. The number of non-ortho nitro benzene ring substituents is 1. The van der Waals surface area contributed by atoms with Gasteiger partial charge in [-0.1, -0.05) is 34.6 Å². The molecule has 140 valence electrons. The second-order valence-corrected chi connectivity index (χ2v) is 6.77. The Bertz CT molecular complexity index is 1110. The number of rotatable bonds is 6. The molecule has 0 fully saturated rings. The maximum absolute atomic E-state index is 10.7. The zero-order valence-electron chi connectivity index (χ0n) is 14.6. The van der Waals surface area contributed by atoms with Gasteiger partial charge in [0.05, 0.1) is 10.7 Å². The molecule has 0 N–H and O–H groups in total. The lowest BCUT2D eigenvalue weighted by molar-refractivity contribution is -0.384. The summed E-state index contributed by atoms with van der Waals surface area (Å²) in [6, 6.07) is 13.7. The third kappa shape index (κ3) is 3.91. The van der Waals surface area contributed by atoms with Gasteiger partial charge in [0, 0.05) is 23.3 Å². The number of hydrogen-bond acceptors (Lipinski definition) is 9. The zero-order chi connectivity index (χ0) is 19.5. The normalized spacial score (nSPS) is 10.9. The summed E-state index contributed by atoms with van der Waals surface area (Å²) < 4.78 is 10.9. The summed E-state index contributed by atoms with van der Waals surface area (Å²) in [5, 5.41) is 23.1. The van der Waals surface area contributed by atoms with Crippen LogP contribution in [-0.4, -0.2) is 25.3 Å². The minimum Gasteiger partial charge on any atom is -0.411 e. The molecule has 0 unspecified atom stereocenters. The first-order valence-corrected chi connectivity index (χ1v) is 9.18. The fourth-order valence-corrected chi connectivity index (χ4v) is 2.97. The number of nitro groups is 1. The van der Waals surface area contributed by atoms with Gasteiger partial charge in [0.1, 0.15) is 0 Å². The molecule has 4 aromatic rings. The van der Waals surface area contributed by atoms with Crippen LogP contribution < -0.4 is 0 Å². The zero-order valence-corrected chi connectivity index (χ0v) is 15.4. The Hall–Kier alpha value is -3.53. The second-order valence-electron chi connectivity index (χ2n) is 5.84. The Balaban J connectivity index is 1.41. The van der Waals surface area contributed by atoms with Gasteiger partial charge in [-0.2, -0.15) is 4.98 Å². The summed E-state index contributed by atoms with van der Waals surface area (Å²) in [6.07, 6.45) is 0. The van der Waals surface area contributed by atoms with E-state index in [1.54, 1.807) is 12.1 Å². The van der Waals surface area contributed by atoms with Crippen LogP contribution in [-0.2, 0) is 5.75 Å². The van der Waals surface area contributed by atoms with Crippen LogP contribution in [0.5, 0.6) is 0 Å². The average Bonchev–Trinajstić information content (AvgIpc) is 3.37. The van der Waals surface area contributed by atoms with Gasteiger partial charge in [0.2, 0.25) is 17.6 Å². The summed E-state index contributed by atoms with van der Waals surface area (Å²) in [6.45, 7) is 2.01. The molecule has 0 aliphatic carbocycles. The molecular weight excluding hydrogens is 382 g/mol. The fourth-order valence-electron chi connectivity index (χ4n) is 2.37. The third-order valence-corrected chi connectivity index (χ3v) is 4.63. The van der Waals surface area contributed by atoms with Gasteiger partial charge < -0.3 is 8.94 Å². The van der Waals surface area contributed by atoms with Crippen LogP contribution in [0.4, 0.5) is 5.69 Å². The minimum atomic E-state index is -0.461. The van der Waals surface area contributed by atoms with Crippen molar-refractivity contribution in [1.29, 1.82) is 0 Å². The molecule has 0 spiro atoms. The molecule has 0 saturated carbocycles. The van der Waals surface area contributed by atoms with Crippen molar-refractivity contribution >= 4 is 17.4 Å². The van der Waals surface area contributed by atoms with Gasteiger partial charge in [0.15, 0.2) is 0 Å². The number of nitro benzene ring substituents is 1. The molecule has 2 heterocycles. The van der Waals surface area contributed by atoms with Crippen molar-refractivity contribution in [1.82, 2.24) is 20.3 Å². The summed E-state index contributed by atoms with van der Waals surface area (Å²) in [7, 11) is 0. The predicted octanol–water partition coefficient (Wildman–Crippen LogP) is 4.30. The maximum atomic E-state index is 10.7. The number of aryl methyl sites for hydroxylation is 1. The van der Waals surface area contributed by atoms with E-state index in [1.165, 1.54) is 23.9 Å². The van der Waals surface area contributed by atoms with Crippen LogP contribution >= 0.6 is 11.8 Å².